The Balaban J connectivity index is 2.73. The Morgan fingerprint density at radius 3 is 2.78 bits per heavy atom. The number of carbonyl (C=O) groups is 1. The first-order valence-corrected chi connectivity index (χ1v) is 2.86. The molecule has 0 aromatic rings. The van der Waals surface area contributed by atoms with Crippen molar-refractivity contribution < 1.29 is 4.79 Å². The van der Waals surface area contributed by atoms with E-state index in [0.29, 0.717) is 6.42 Å². The molecule has 0 aromatic carbocycles. The largest absolute Gasteiger partial charge is 0.295 e. The number of carbonyl (C=O) groups excluding carboxylic acids is 1. The third-order valence-electron chi connectivity index (χ3n) is 1.24. The molecule has 0 saturated heterocycles. The van der Waals surface area contributed by atoms with Crippen LogP contribution in [0.1, 0.15) is 6.42 Å². The van der Waals surface area contributed by atoms with E-state index in [1.54, 1.807) is 18.2 Å². The molecule has 0 fully saturated rings. The Morgan fingerprint density at radius 2 is 2.33 bits per heavy atom. The van der Waals surface area contributed by atoms with Gasteiger partial charge in [0, 0.05) is 6.42 Å². The Morgan fingerprint density at radius 1 is 1.56 bits per heavy atom. The second-order valence-electron chi connectivity index (χ2n) is 1.91. The quantitative estimate of drug-likeness (QED) is 0.514. The molecule has 9 heavy (non-hydrogen) atoms. The van der Waals surface area contributed by atoms with Gasteiger partial charge in [0.25, 0.3) is 0 Å². The van der Waals surface area contributed by atoms with E-state index in [1.165, 1.54) is 0 Å². The molecule has 1 rings (SSSR count). The zero-order valence-electron chi connectivity index (χ0n) is 5.13. The fourth-order valence-electron chi connectivity index (χ4n) is 0.695. The van der Waals surface area contributed by atoms with Crippen LogP contribution in [0.25, 0.3) is 0 Å². The van der Waals surface area contributed by atoms with Gasteiger partial charge in [-0.25, -0.2) is 0 Å². The highest BCUT2D eigenvalue weighted by molar-refractivity contribution is 5.92. The number of ketones is 1. The molecule has 1 aliphatic rings. The van der Waals surface area contributed by atoms with Crippen molar-refractivity contribution in [2.45, 2.75) is 6.42 Å². The molecule has 1 nitrogen and oxygen atoms in total. The minimum atomic E-state index is 0.167. The molecule has 0 aliphatic heterocycles. The molecule has 46 valence electrons. The standard InChI is InChI=1S/C8H8O/c1-2-7-3-5-8(9)6-4-7/h2-5H,1,6H2. The minimum absolute atomic E-state index is 0.167. The van der Waals surface area contributed by atoms with Crippen molar-refractivity contribution in [3.63, 3.8) is 0 Å². The van der Waals surface area contributed by atoms with Crippen molar-refractivity contribution in [2.24, 2.45) is 0 Å². The van der Waals surface area contributed by atoms with Crippen LogP contribution in [0.15, 0.2) is 36.5 Å². The summed E-state index contributed by atoms with van der Waals surface area (Å²) in [6.45, 7) is 3.58. The fourth-order valence-corrected chi connectivity index (χ4v) is 0.695. The van der Waals surface area contributed by atoms with Crippen LogP contribution in [0.2, 0.25) is 0 Å². The highest BCUT2D eigenvalue weighted by atomic mass is 16.1. The molecule has 1 aliphatic carbocycles. The molecular weight excluding hydrogens is 112 g/mol. The van der Waals surface area contributed by atoms with Crippen molar-refractivity contribution in [2.75, 3.05) is 0 Å². The van der Waals surface area contributed by atoms with Crippen molar-refractivity contribution in [1.29, 1.82) is 0 Å². The van der Waals surface area contributed by atoms with Crippen LogP contribution < -0.4 is 0 Å². The predicted octanol–water partition coefficient (Wildman–Crippen LogP) is 1.63. The van der Waals surface area contributed by atoms with Gasteiger partial charge in [0.05, 0.1) is 0 Å². The lowest BCUT2D eigenvalue weighted by molar-refractivity contribution is -0.113. The monoisotopic (exact) mass is 120 g/mol. The molecule has 0 bridgehead atoms. The van der Waals surface area contributed by atoms with E-state index in [-0.39, 0.29) is 5.78 Å². The molecule has 0 spiro atoms. The van der Waals surface area contributed by atoms with E-state index in [9.17, 15) is 4.79 Å². The van der Waals surface area contributed by atoms with E-state index < -0.39 is 0 Å². The Kier molecular flexibility index (Phi) is 1.63. The predicted molar refractivity (Wildman–Crippen MR) is 37.0 cm³/mol. The first kappa shape index (κ1) is 6.02. The topological polar surface area (TPSA) is 17.1 Å². The normalized spacial score (nSPS) is 17.3. The van der Waals surface area contributed by atoms with Gasteiger partial charge in [0.1, 0.15) is 0 Å². The van der Waals surface area contributed by atoms with Gasteiger partial charge in [-0.05, 0) is 11.6 Å². The SMILES string of the molecule is C=CC1=CCC(=O)C=C1. The molecule has 0 heterocycles. The van der Waals surface area contributed by atoms with E-state index in [0.717, 1.165) is 5.57 Å². The third-order valence-corrected chi connectivity index (χ3v) is 1.24. The molecule has 0 radical (unpaired) electrons. The van der Waals surface area contributed by atoms with Gasteiger partial charge < -0.3 is 0 Å². The highest BCUT2D eigenvalue weighted by Crippen LogP contribution is 2.06. The van der Waals surface area contributed by atoms with Crippen LogP contribution in [0, 0.1) is 0 Å². The summed E-state index contributed by atoms with van der Waals surface area (Å²) in [7, 11) is 0. The number of allylic oxidation sites excluding steroid dienone is 5. The summed E-state index contributed by atoms with van der Waals surface area (Å²) in [4.78, 5) is 10.6. The Hall–Kier alpha value is -1.11. The van der Waals surface area contributed by atoms with Gasteiger partial charge in [0.15, 0.2) is 5.78 Å². The summed E-state index contributed by atoms with van der Waals surface area (Å²) in [5, 5.41) is 0. The van der Waals surface area contributed by atoms with E-state index >= 15 is 0 Å². The first-order chi connectivity index (χ1) is 4.33. The fraction of sp³-hybridized carbons (Fsp3) is 0.125. The summed E-state index contributed by atoms with van der Waals surface area (Å²) >= 11 is 0. The molecule has 0 atom stereocenters. The highest BCUT2D eigenvalue weighted by Gasteiger charge is 1.98. The summed E-state index contributed by atoms with van der Waals surface area (Å²) in [5.74, 6) is 0.167. The molecule has 0 unspecified atom stereocenters. The smallest absolute Gasteiger partial charge is 0.159 e. The zero-order chi connectivity index (χ0) is 6.69. The van der Waals surface area contributed by atoms with Crippen LogP contribution in [0.3, 0.4) is 0 Å². The van der Waals surface area contributed by atoms with Gasteiger partial charge in [-0.15, -0.1) is 0 Å². The third kappa shape index (κ3) is 1.39. The van der Waals surface area contributed by atoms with E-state index in [4.69, 9.17) is 0 Å². The second-order valence-corrected chi connectivity index (χ2v) is 1.91. The maximum Gasteiger partial charge on any atom is 0.159 e. The van der Waals surface area contributed by atoms with Gasteiger partial charge >= 0.3 is 0 Å². The van der Waals surface area contributed by atoms with Gasteiger partial charge in [-0.1, -0.05) is 24.8 Å². The van der Waals surface area contributed by atoms with Gasteiger partial charge in [0.2, 0.25) is 0 Å². The molecule has 0 N–H and O–H groups in total. The molecule has 1 heteroatoms. The van der Waals surface area contributed by atoms with Crippen molar-refractivity contribution >= 4 is 5.78 Å². The zero-order valence-corrected chi connectivity index (χ0v) is 5.13. The van der Waals surface area contributed by atoms with Crippen LogP contribution in [0.5, 0.6) is 0 Å². The summed E-state index contributed by atoms with van der Waals surface area (Å²) in [6, 6.07) is 0. The molecular formula is C8H8O. The lowest BCUT2D eigenvalue weighted by Crippen LogP contribution is -1.94. The Bertz CT molecular complexity index is 197. The van der Waals surface area contributed by atoms with Crippen molar-refractivity contribution in [3.05, 3.63) is 36.5 Å². The first-order valence-electron chi connectivity index (χ1n) is 2.86. The average molecular weight is 120 g/mol. The van der Waals surface area contributed by atoms with Gasteiger partial charge in [-0.3, -0.25) is 4.79 Å². The van der Waals surface area contributed by atoms with Crippen molar-refractivity contribution in [1.82, 2.24) is 0 Å². The average Bonchev–Trinajstić information content (AvgIpc) is 1.90. The summed E-state index contributed by atoms with van der Waals surface area (Å²) in [6.07, 6.45) is 7.49. The molecule has 0 saturated carbocycles. The summed E-state index contributed by atoms with van der Waals surface area (Å²) < 4.78 is 0. The Labute approximate surface area is 54.4 Å². The molecule has 0 aromatic heterocycles. The lowest BCUT2D eigenvalue weighted by Gasteiger charge is -1.97. The van der Waals surface area contributed by atoms with Crippen LogP contribution >= 0.6 is 0 Å². The second kappa shape index (κ2) is 2.44. The number of hydrogen-bond acceptors (Lipinski definition) is 1. The summed E-state index contributed by atoms with van der Waals surface area (Å²) in [5.41, 5.74) is 1.04. The number of rotatable bonds is 1. The van der Waals surface area contributed by atoms with Crippen molar-refractivity contribution in [3.8, 4) is 0 Å². The van der Waals surface area contributed by atoms with Crippen LogP contribution in [-0.2, 0) is 4.79 Å². The van der Waals surface area contributed by atoms with Crippen LogP contribution in [-0.4, -0.2) is 5.78 Å². The van der Waals surface area contributed by atoms with Crippen LogP contribution in [0.4, 0.5) is 0 Å². The maximum absolute atomic E-state index is 10.6. The van der Waals surface area contributed by atoms with E-state index in [1.807, 2.05) is 6.08 Å². The van der Waals surface area contributed by atoms with E-state index in [2.05, 4.69) is 6.58 Å². The lowest BCUT2D eigenvalue weighted by atomic mass is 10.1. The molecule has 0 amide bonds. The maximum atomic E-state index is 10.6. The minimum Gasteiger partial charge on any atom is -0.295 e. The number of hydrogen-bond donors (Lipinski definition) is 0. The van der Waals surface area contributed by atoms with Gasteiger partial charge in [-0.2, -0.15) is 0 Å².